The average Bonchev–Trinajstić information content (AvgIpc) is 2.41. The normalized spacial score (nSPS) is 9.95. The van der Waals surface area contributed by atoms with Gasteiger partial charge < -0.3 is 15.2 Å². The van der Waals surface area contributed by atoms with Gasteiger partial charge in [-0.2, -0.15) is 0 Å². The van der Waals surface area contributed by atoms with E-state index in [1.54, 1.807) is 0 Å². The van der Waals surface area contributed by atoms with E-state index in [-0.39, 0.29) is 23.8 Å². The Morgan fingerprint density at radius 3 is 2.79 bits per heavy atom. The molecule has 0 saturated heterocycles. The van der Waals surface area contributed by atoms with E-state index in [2.05, 4.69) is 12.2 Å². The van der Waals surface area contributed by atoms with Crippen LogP contribution in [0.5, 0.6) is 5.75 Å². The molecule has 0 fully saturated rings. The zero-order valence-electron chi connectivity index (χ0n) is 11.0. The van der Waals surface area contributed by atoms with Crippen molar-refractivity contribution in [3.63, 3.8) is 0 Å². The Kier molecular flexibility index (Phi) is 6.43. The Labute approximate surface area is 112 Å². The van der Waals surface area contributed by atoms with E-state index in [1.807, 2.05) is 0 Å². The number of carbonyl (C=O) groups is 2. The summed E-state index contributed by atoms with van der Waals surface area (Å²) in [5.74, 6) is -0.956. The Balaban J connectivity index is 2.28. The first kappa shape index (κ1) is 15.0. The number of amides is 1. The van der Waals surface area contributed by atoms with Crippen molar-refractivity contribution in [1.82, 2.24) is 5.32 Å². The van der Waals surface area contributed by atoms with Crippen molar-refractivity contribution in [3.05, 3.63) is 29.8 Å². The molecule has 0 spiro atoms. The molecular weight excluding hydrogens is 246 g/mol. The molecule has 104 valence electrons. The molecule has 0 aromatic heterocycles. The number of benzene rings is 1. The van der Waals surface area contributed by atoms with E-state index in [1.165, 1.54) is 24.3 Å². The molecule has 1 amide bonds. The summed E-state index contributed by atoms with van der Waals surface area (Å²) >= 11 is 0. The zero-order valence-corrected chi connectivity index (χ0v) is 11.0. The Bertz CT molecular complexity index is 431. The maximum atomic E-state index is 11.6. The minimum absolute atomic E-state index is 0.0153. The fourth-order valence-corrected chi connectivity index (χ4v) is 1.50. The van der Waals surface area contributed by atoms with Crippen LogP contribution < -0.4 is 5.32 Å². The van der Waals surface area contributed by atoms with Crippen LogP contribution in [0.15, 0.2) is 24.3 Å². The van der Waals surface area contributed by atoms with Crippen molar-refractivity contribution < 1.29 is 19.4 Å². The van der Waals surface area contributed by atoms with Crippen LogP contribution in [0, 0.1) is 0 Å². The molecule has 5 heteroatoms. The van der Waals surface area contributed by atoms with E-state index >= 15 is 0 Å². The lowest BCUT2D eigenvalue weighted by atomic mass is 10.2. The lowest BCUT2D eigenvalue weighted by Gasteiger charge is -2.06. The maximum absolute atomic E-state index is 11.6. The molecule has 0 aliphatic rings. The number of hydrogen-bond acceptors (Lipinski definition) is 4. The van der Waals surface area contributed by atoms with Crippen LogP contribution in [0.1, 0.15) is 36.5 Å². The highest BCUT2D eigenvalue weighted by Crippen LogP contribution is 2.11. The third kappa shape index (κ3) is 5.90. The fraction of sp³-hybridized carbons (Fsp3) is 0.429. The summed E-state index contributed by atoms with van der Waals surface area (Å²) in [6, 6.07) is 5.80. The molecule has 5 nitrogen and oxygen atoms in total. The van der Waals surface area contributed by atoms with Crippen molar-refractivity contribution >= 4 is 11.9 Å². The fourth-order valence-electron chi connectivity index (χ4n) is 1.50. The highest BCUT2D eigenvalue weighted by molar-refractivity contribution is 5.91. The molecule has 0 unspecified atom stereocenters. The number of nitrogens with one attached hydrogen (secondary N) is 1. The first-order chi connectivity index (χ1) is 9.13. The van der Waals surface area contributed by atoms with Gasteiger partial charge in [0.25, 0.3) is 5.91 Å². The minimum Gasteiger partial charge on any atom is -0.508 e. The third-order valence-electron chi connectivity index (χ3n) is 2.52. The second kappa shape index (κ2) is 8.13. The van der Waals surface area contributed by atoms with Crippen molar-refractivity contribution in [1.29, 1.82) is 0 Å². The first-order valence-corrected chi connectivity index (χ1v) is 6.36. The highest BCUT2D eigenvalue weighted by atomic mass is 16.5. The number of esters is 1. The van der Waals surface area contributed by atoms with Crippen LogP contribution in [0.4, 0.5) is 0 Å². The Hall–Kier alpha value is -2.04. The zero-order chi connectivity index (χ0) is 14.1. The number of ether oxygens (including phenoxy) is 1. The van der Waals surface area contributed by atoms with Gasteiger partial charge in [-0.25, -0.2) is 4.79 Å². The largest absolute Gasteiger partial charge is 0.508 e. The standard InChI is InChI=1S/C14H19NO4/c1-2-3-4-8-15-13(17)10-19-14(18)11-6-5-7-12(16)9-11/h5-7,9,16H,2-4,8,10H2,1H3,(H,15,17). The van der Waals surface area contributed by atoms with Crippen LogP contribution in [0.25, 0.3) is 0 Å². The number of phenols is 1. The van der Waals surface area contributed by atoms with Crippen molar-refractivity contribution in [3.8, 4) is 5.75 Å². The molecule has 0 radical (unpaired) electrons. The second-order valence-corrected chi connectivity index (χ2v) is 4.18. The summed E-state index contributed by atoms with van der Waals surface area (Å²) < 4.78 is 4.84. The number of unbranched alkanes of at least 4 members (excludes halogenated alkanes) is 2. The van der Waals surface area contributed by atoms with Crippen LogP contribution in [0.2, 0.25) is 0 Å². The van der Waals surface area contributed by atoms with E-state index in [4.69, 9.17) is 4.74 Å². The third-order valence-corrected chi connectivity index (χ3v) is 2.52. The molecule has 0 aliphatic heterocycles. The lowest BCUT2D eigenvalue weighted by Crippen LogP contribution is -2.29. The predicted molar refractivity (Wildman–Crippen MR) is 70.9 cm³/mol. The summed E-state index contributed by atoms with van der Waals surface area (Å²) in [7, 11) is 0. The van der Waals surface area contributed by atoms with E-state index in [0.717, 1.165) is 19.3 Å². The lowest BCUT2D eigenvalue weighted by molar-refractivity contribution is -0.124. The van der Waals surface area contributed by atoms with Gasteiger partial charge in [0, 0.05) is 6.54 Å². The van der Waals surface area contributed by atoms with Gasteiger partial charge >= 0.3 is 5.97 Å². The molecule has 0 heterocycles. The van der Waals surface area contributed by atoms with E-state index in [0.29, 0.717) is 6.54 Å². The van der Waals surface area contributed by atoms with Gasteiger partial charge in [-0.1, -0.05) is 25.8 Å². The van der Waals surface area contributed by atoms with Gasteiger partial charge in [0.1, 0.15) is 5.75 Å². The monoisotopic (exact) mass is 265 g/mol. The van der Waals surface area contributed by atoms with Crippen molar-refractivity contribution in [2.45, 2.75) is 26.2 Å². The Morgan fingerprint density at radius 1 is 1.32 bits per heavy atom. The predicted octanol–water partition coefficient (Wildman–Crippen LogP) is 1.86. The van der Waals surface area contributed by atoms with Crippen LogP contribution in [-0.2, 0) is 9.53 Å². The summed E-state index contributed by atoms with van der Waals surface area (Å²) in [5.41, 5.74) is 0.221. The SMILES string of the molecule is CCCCCNC(=O)COC(=O)c1cccc(O)c1. The van der Waals surface area contributed by atoms with E-state index < -0.39 is 5.97 Å². The number of aromatic hydroxyl groups is 1. The number of carbonyl (C=O) groups excluding carboxylic acids is 2. The summed E-state index contributed by atoms with van der Waals surface area (Å²) in [4.78, 5) is 22.9. The number of rotatable bonds is 7. The van der Waals surface area contributed by atoms with Crippen LogP contribution in [0.3, 0.4) is 0 Å². The molecule has 1 rings (SSSR count). The van der Waals surface area contributed by atoms with Gasteiger partial charge in [0.05, 0.1) is 5.56 Å². The van der Waals surface area contributed by atoms with Gasteiger partial charge in [0.15, 0.2) is 6.61 Å². The van der Waals surface area contributed by atoms with Crippen LogP contribution in [-0.4, -0.2) is 30.1 Å². The molecule has 1 aromatic rings. The molecule has 0 aliphatic carbocycles. The molecule has 0 atom stereocenters. The summed E-state index contributed by atoms with van der Waals surface area (Å²) in [5, 5.41) is 11.9. The molecule has 0 saturated carbocycles. The summed E-state index contributed by atoms with van der Waals surface area (Å²) in [6.07, 6.45) is 3.06. The van der Waals surface area contributed by atoms with Gasteiger partial charge in [-0.15, -0.1) is 0 Å². The quantitative estimate of drug-likeness (QED) is 0.583. The topological polar surface area (TPSA) is 75.6 Å². The molecule has 19 heavy (non-hydrogen) atoms. The molecule has 1 aromatic carbocycles. The molecule has 2 N–H and O–H groups in total. The van der Waals surface area contributed by atoms with Crippen molar-refractivity contribution in [2.24, 2.45) is 0 Å². The average molecular weight is 265 g/mol. The van der Waals surface area contributed by atoms with Gasteiger partial charge in [0.2, 0.25) is 0 Å². The second-order valence-electron chi connectivity index (χ2n) is 4.18. The number of hydrogen-bond donors (Lipinski definition) is 2. The minimum atomic E-state index is -0.625. The maximum Gasteiger partial charge on any atom is 0.338 e. The van der Waals surface area contributed by atoms with Gasteiger partial charge in [-0.3, -0.25) is 4.79 Å². The smallest absolute Gasteiger partial charge is 0.338 e. The Morgan fingerprint density at radius 2 is 2.11 bits per heavy atom. The van der Waals surface area contributed by atoms with Crippen molar-refractivity contribution in [2.75, 3.05) is 13.2 Å². The highest BCUT2D eigenvalue weighted by Gasteiger charge is 2.10. The molecule has 0 bridgehead atoms. The molecular formula is C14H19NO4. The van der Waals surface area contributed by atoms with E-state index in [9.17, 15) is 14.7 Å². The van der Waals surface area contributed by atoms with Gasteiger partial charge in [-0.05, 0) is 24.6 Å². The summed E-state index contributed by atoms with van der Waals surface area (Å²) in [6.45, 7) is 2.37. The first-order valence-electron chi connectivity index (χ1n) is 6.36. The number of phenolic OH excluding ortho intramolecular Hbond substituents is 1. The van der Waals surface area contributed by atoms with Crippen LogP contribution >= 0.6 is 0 Å².